The minimum atomic E-state index is -2.82. The van der Waals surface area contributed by atoms with Crippen LogP contribution < -0.4 is 5.32 Å². The first kappa shape index (κ1) is 22.3. The van der Waals surface area contributed by atoms with Crippen molar-refractivity contribution >= 4 is 20.4 Å². The second-order valence-electron chi connectivity index (χ2n) is 9.38. The van der Waals surface area contributed by atoms with Crippen molar-refractivity contribution in [2.75, 3.05) is 6.61 Å². The number of nitrogens with one attached hydrogen (secondary N) is 1. The smallest absolute Gasteiger partial charge is 0.349 e. The Kier molecular flexibility index (Phi) is 6.14. The van der Waals surface area contributed by atoms with Gasteiger partial charge in [-0.2, -0.15) is 0 Å². The molecule has 5 atom stereocenters. The van der Waals surface area contributed by atoms with Crippen molar-refractivity contribution in [2.45, 2.75) is 96.1 Å². The number of hydrogen-bond acceptors (Lipinski definition) is 7. The van der Waals surface area contributed by atoms with Crippen LogP contribution >= 0.6 is 0 Å². The van der Waals surface area contributed by atoms with Crippen LogP contribution in [0.1, 0.15) is 55.4 Å². The molecule has 27 heavy (non-hydrogen) atoms. The van der Waals surface area contributed by atoms with E-state index in [4.69, 9.17) is 18.3 Å². The molecule has 2 fully saturated rings. The van der Waals surface area contributed by atoms with E-state index in [1.807, 2.05) is 0 Å². The molecule has 0 aromatic heterocycles. The summed E-state index contributed by atoms with van der Waals surface area (Å²) in [5, 5.41) is 13.1. The average molecular weight is 404 g/mol. The Morgan fingerprint density at radius 3 is 2.11 bits per heavy atom. The first-order chi connectivity index (χ1) is 12.2. The third kappa shape index (κ3) is 4.22. The molecule has 2 rings (SSSR count). The van der Waals surface area contributed by atoms with Crippen LogP contribution in [0, 0.1) is 0 Å². The molecule has 2 aliphatic heterocycles. The number of rotatable bonds is 2. The fraction of sp³-hybridized carbons (Fsp3) is 0.889. The number of carbonyl (C=O) groups is 2. The van der Waals surface area contributed by atoms with E-state index in [2.05, 4.69) is 46.9 Å². The highest BCUT2D eigenvalue weighted by Crippen LogP contribution is 2.55. The third-order valence-electron chi connectivity index (χ3n) is 5.05. The molecule has 0 aliphatic carbocycles. The molecule has 1 amide bonds. The zero-order chi connectivity index (χ0) is 20.8. The topological polar surface area (TPSA) is 103 Å². The molecule has 0 radical (unpaired) electrons. The van der Waals surface area contributed by atoms with Crippen molar-refractivity contribution in [3.8, 4) is 0 Å². The van der Waals surface area contributed by atoms with E-state index in [1.165, 1.54) is 13.8 Å². The minimum absolute atomic E-state index is 0.229. The minimum Gasteiger partial charge on any atom is -0.434 e. The van der Waals surface area contributed by atoms with Crippen LogP contribution in [0.5, 0.6) is 0 Å². The molecule has 0 bridgehead atoms. The van der Waals surface area contributed by atoms with Crippen LogP contribution in [0.3, 0.4) is 0 Å². The number of carbonyl (C=O) groups excluding carboxylic acids is 2. The van der Waals surface area contributed by atoms with Gasteiger partial charge >= 0.3 is 14.5 Å². The molecule has 0 spiro atoms. The molecular formula is C18H33NO7Si. The van der Waals surface area contributed by atoms with Gasteiger partial charge in [0.15, 0.2) is 0 Å². The van der Waals surface area contributed by atoms with Gasteiger partial charge in [0, 0.05) is 23.9 Å². The maximum Gasteiger partial charge on any atom is 0.349 e. The Labute approximate surface area is 162 Å². The zero-order valence-corrected chi connectivity index (χ0v) is 18.5. The number of ether oxygens (including phenoxy) is 2. The van der Waals surface area contributed by atoms with Gasteiger partial charge in [-0.05, 0) is 0 Å². The molecule has 156 valence electrons. The molecule has 2 N–H and O–H groups in total. The fourth-order valence-corrected chi connectivity index (χ4v) is 9.15. The number of aliphatic hydroxyl groups is 1. The van der Waals surface area contributed by atoms with Crippen LogP contribution in [0.2, 0.25) is 10.1 Å². The van der Waals surface area contributed by atoms with E-state index in [0.717, 1.165) is 0 Å². The van der Waals surface area contributed by atoms with Gasteiger partial charge in [-0.25, -0.2) is 0 Å². The summed E-state index contributed by atoms with van der Waals surface area (Å²) in [5.74, 6) is -0.924. The predicted molar refractivity (Wildman–Crippen MR) is 100 cm³/mol. The summed E-state index contributed by atoms with van der Waals surface area (Å²) in [6.07, 6.45) is -3.49. The Morgan fingerprint density at radius 2 is 1.67 bits per heavy atom. The molecule has 2 saturated heterocycles. The van der Waals surface area contributed by atoms with Gasteiger partial charge in [0.1, 0.15) is 24.4 Å². The van der Waals surface area contributed by atoms with Gasteiger partial charge < -0.3 is 28.7 Å². The summed E-state index contributed by atoms with van der Waals surface area (Å²) in [6.45, 7) is 15.3. The van der Waals surface area contributed by atoms with Crippen LogP contribution in [-0.4, -0.2) is 62.8 Å². The van der Waals surface area contributed by atoms with Gasteiger partial charge in [0.25, 0.3) is 0 Å². The highest BCUT2D eigenvalue weighted by Gasteiger charge is 2.64. The second-order valence-corrected chi connectivity index (χ2v) is 14.1. The maximum atomic E-state index is 11.6. The lowest BCUT2D eigenvalue weighted by molar-refractivity contribution is -0.272. The van der Waals surface area contributed by atoms with E-state index in [-0.39, 0.29) is 22.6 Å². The highest BCUT2D eigenvalue weighted by molar-refractivity contribution is 6.73. The van der Waals surface area contributed by atoms with Crippen LogP contribution in [0.4, 0.5) is 0 Å². The lowest BCUT2D eigenvalue weighted by atomic mass is 9.97. The van der Waals surface area contributed by atoms with Gasteiger partial charge in [-0.3, -0.25) is 9.59 Å². The van der Waals surface area contributed by atoms with E-state index in [1.54, 1.807) is 0 Å². The highest BCUT2D eigenvalue weighted by atomic mass is 28.4. The Hall–Kier alpha value is -1.00. The molecule has 8 nitrogen and oxygen atoms in total. The molecular weight excluding hydrogens is 370 g/mol. The summed E-state index contributed by atoms with van der Waals surface area (Å²) in [6, 6.07) is -0.919. The maximum absolute atomic E-state index is 11.6. The van der Waals surface area contributed by atoms with Crippen molar-refractivity contribution in [1.82, 2.24) is 5.32 Å². The standard InChI is InChI=1S/C18H33NO7Si/c1-10(20)19-13-14(22)15-12(25-16(13)24-11(2)21)9-23-27(26-15,17(3,4)5)18(6,7)8/h12-16,22H,9H2,1-8H3,(H,19,20)/t12?,13-,14?,15+,16+/m0/s1. The van der Waals surface area contributed by atoms with Gasteiger partial charge in [-0.1, -0.05) is 41.5 Å². The number of fused-ring (bicyclic) bond motifs is 1. The van der Waals surface area contributed by atoms with Crippen LogP contribution in [-0.2, 0) is 27.9 Å². The van der Waals surface area contributed by atoms with Crippen molar-refractivity contribution in [3.63, 3.8) is 0 Å². The predicted octanol–water partition coefficient (Wildman–Crippen LogP) is 1.60. The van der Waals surface area contributed by atoms with E-state index < -0.39 is 45.2 Å². The van der Waals surface area contributed by atoms with Gasteiger partial charge in [0.05, 0.1) is 6.61 Å². The summed E-state index contributed by atoms with van der Waals surface area (Å²) in [7, 11) is -2.82. The lowest BCUT2D eigenvalue weighted by Gasteiger charge is -2.57. The molecule has 0 aromatic carbocycles. The zero-order valence-electron chi connectivity index (χ0n) is 17.5. The molecule has 0 aromatic rings. The quantitative estimate of drug-likeness (QED) is 0.533. The second kappa shape index (κ2) is 7.44. The molecule has 2 unspecified atom stereocenters. The molecule has 0 saturated carbocycles. The number of hydrogen-bond donors (Lipinski definition) is 2. The molecule has 2 aliphatic rings. The van der Waals surface area contributed by atoms with E-state index in [0.29, 0.717) is 0 Å². The van der Waals surface area contributed by atoms with Crippen molar-refractivity contribution in [1.29, 1.82) is 0 Å². The fourth-order valence-electron chi connectivity index (χ4n) is 4.19. The first-order valence-electron chi connectivity index (χ1n) is 9.29. The summed E-state index contributed by atoms with van der Waals surface area (Å²) in [5.41, 5.74) is 0. The normalized spacial score (nSPS) is 33.7. The largest absolute Gasteiger partial charge is 0.434 e. The monoisotopic (exact) mass is 403 g/mol. The molecule has 2 heterocycles. The van der Waals surface area contributed by atoms with E-state index in [9.17, 15) is 14.7 Å². The average Bonchev–Trinajstić information content (AvgIpc) is 2.47. The van der Waals surface area contributed by atoms with Crippen molar-refractivity contribution < 1.29 is 33.0 Å². The number of esters is 1. The summed E-state index contributed by atoms with van der Waals surface area (Å²) < 4.78 is 23.9. The van der Waals surface area contributed by atoms with Crippen molar-refractivity contribution in [3.05, 3.63) is 0 Å². The van der Waals surface area contributed by atoms with E-state index >= 15 is 0 Å². The van der Waals surface area contributed by atoms with Crippen LogP contribution in [0.25, 0.3) is 0 Å². The summed E-state index contributed by atoms with van der Waals surface area (Å²) in [4.78, 5) is 23.0. The lowest BCUT2D eigenvalue weighted by Crippen LogP contribution is -2.73. The van der Waals surface area contributed by atoms with Gasteiger partial charge in [-0.15, -0.1) is 0 Å². The number of aliphatic hydroxyl groups excluding tert-OH is 1. The Bertz CT molecular complexity index is 569. The summed E-state index contributed by atoms with van der Waals surface area (Å²) >= 11 is 0. The SMILES string of the molecule is CC(=O)N[C@H]1C(O)[C@@H]2O[Si](C(C)(C)C)(C(C)(C)C)OCC2O[C@H]1OC(C)=O. The third-order valence-corrected chi connectivity index (χ3v) is 10.2. The number of amides is 1. The first-order valence-corrected chi connectivity index (χ1v) is 11.1. The van der Waals surface area contributed by atoms with Gasteiger partial charge in [0.2, 0.25) is 12.2 Å². The molecule has 9 heteroatoms. The Morgan fingerprint density at radius 1 is 1.11 bits per heavy atom. The Balaban J connectivity index is 2.37. The van der Waals surface area contributed by atoms with Crippen molar-refractivity contribution in [2.24, 2.45) is 0 Å². The van der Waals surface area contributed by atoms with Crippen LogP contribution in [0.15, 0.2) is 0 Å².